The summed E-state index contributed by atoms with van der Waals surface area (Å²) in [6, 6.07) is 3.15. The molecule has 0 aromatic carbocycles. The number of rotatable bonds is 5. The number of sulfonamides is 1. The third-order valence-electron chi connectivity index (χ3n) is 3.11. The van der Waals surface area contributed by atoms with Crippen LogP contribution >= 0.6 is 0 Å². The van der Waals surface area contributed by atoms with Crippen molar-refractivity contribution in [3.63, 3.8) is 0 Å². The van der Waals surface area contributed by atoms with Gasteiger partial charge in [-0.05, 0) is 26.1 Å². The molecule has 20 heavy (non-hydrogen) atoms. The van der Waals surface area contributed by atoms with Crippen LogP contribution in [0.3, 0.4) is 0 Å². The van der Waals surface area contributed by atoms with Crippen LogP contribution in [0.15, 0.2) is 29.4 Å². The van der Waals surface area contributed by atoms with Crippen LogP contribution in [-0.2, 0) is 23.6 Å². The lowest BCUT2D eigenvalue weighted by Crippen LogP contribution is -2.18. The molecule has 0 amide bonds. The van der Waals surface area contributed by atoms with E-state index in [1.165, 1.54) is 19.3 Å². The molecule has 108 valence electrons. The predicted octanol–water partition coefficient (Wildman–Crippen LogP) is 0.644. The van der Waals surface area contributed by atoms with Crippen LogP contribution in [0.5, 0.6) is 0 Å². The Morgan fingerprint density at radius 1 is 1.30 bits per heavy atom. The Kier molecular flexibility index (Phi) is 4.05. The molecule has 7 nitrogen and oxygen atoms in total. The highest BCUT2D eigenvalue weighted by Crippen LogP contribution is 2.12. The van der Waals surface area contributed by atoms with Gasteiger partial charge in [0.15, 0.2) is 0 Å². The van der Waals surface area contributed by atoms with Gasteiger partial charge in [-0.15, -0.1) is 0 Å². The maximum Gasteiger partial charge on any atom is 0.241 e. The van der Waals surface area contributed by atoms with Gasteiger partial charge in [-0.3, -0.25) is 4.68 Å². The first-order chi connectivity index (χ1) is 9.44. The fraction of sp³-hybridized carbons (Fsp3) is 0.333. The molecule has 2 rings (SSSR count). The Bertz CT molecular complexity index is 691. The average Bonchev–Trinajstić information content (AvgIpc) is 2.77. The zero-order chi connectivity index (χ0) is 14.8. The molecule has 0 saturated heterocycles. The van der Waals surface area contributed by atoms with Crippen LogP contribution in [0.25, 0.3) is 0 Å². The first kappa shape index (κ1) is 14.5. The Hall–Kier alpha value is -1.93. The number of hydrogen-bond donors (Lipinski definition) is 2. The Labute approximate surface area is 118 Å². The summed E-state index contributed by atoms with van der Waals surface area (Å²) in [6.07, 6.45) is 3.12. The van der Waals surface area contributed by atoms with E-state index in [0.29, 0.717) is 12.4 Å². The predicted molar refractivity (Wildman–Crippen MR) is 75.8 cm³/mol. The summed E-state index contributed by atoms with van der Waals surface area (Å²) in [4.78, 5) is 4.23. The molecule has 2 aromatic heterocycles. The molecule has 0 radical (unpaired) electrons. The van der Waals surface area contributed by atoms with E-state index in [-0.39, 0.29) is 4.90 Å². The number of anilines is 1. The van der Waals surface area contributed by atoms with Crippen molar-refractivity contribution in [1.82, 2.24) is 19.5 Å². The van der Waals surface area contributed by atoms with Crippen LogP contribution in [0.4, 0.5) is 5.82 Å². The number of aromatic nitrogens is 3. The molecule has 0 aliphatic rings. The smallest absolute Gasteiger partial charge is 0.241 e. The SMILES string of the molecule is CNS(=O)(=O)c1ccc(NCc2cnn(C)c2C)nc1. The third kappa shape index (κ3) is 2.97. The molecule has 0 aliphatic heterocycles. The Balaban J connectivity index is 2.07. The second-order valence-corrected chi connectivity index (χ2v) is 6.21. The van der Waals surface area contributed by atoms with Crippen LogP contribution in [-0.4, -0.2) is 30.2 Å². The van der Waals surface area contributed by atoms with Gasteiger partial charge in [0.25, 0.3) is 0 Å². The van der Waals surface area contributed by atoms with Crippen molar-refractivity contribution in [3.8, 4) is 0 Å². The highest BCUT2D eigenvalue weighted by molar-refractivity contribution is 7.89. The van der Waals surface area contributed by atoms with E-state index in [9.17, 15) is 8.42 Å². The molecule has 0 spiro atoms. The zero-order valence-corrected chi connectivity index (χ0v) is 12.4. The van der Waals surface area contributed by atoms with Gasteiger partial charge in [-0.25, -0.2) is 18.1 Å². The second-order valence-electron chi connectivity index (χ2n) is 4.32. The molecule has 0 saturated carbocycles. The van der Waals surface area contributed by atoms with E-state index >= 15 is 0 Å². The molecule has 2 heterocycles. The summed E-state index contributed by atoms with van der Waals surface area (Å²) in [7, 11) is -0.188. The van der Waals surface area contributed by atoms with Crippen molar-refractivity contribution in [2.45, 2.75) is 18.4 Å². The standard InChI is InChI=1S/C12H17N5O2S/c1-9-10(7-16-17(9)3)6-14-12-5-4-11(8-15-12)20(18,19)13-2/h4-5,7-8,13H,6H2,1-3H3,(H,14,15). The topological polar surface area (TPSA) is 88.9 Å². The molecular formula is C12H17N5O2S. The summed E-state index contributed by atoms with van der Waals surface area (Å²) in [5.74, 6) is 0.614. The molecule has 0 atom stereocenters. The van der Waals surface area contributed by atoms with Gasteiger partial charge in [0.2, 0.25) is 10.0 Å². The summed E-state index contributed by atoms with van der Waals surface area (Å²) in [5.41, 5.74) is 2.15. The maximum absolute atomic E-state index is 11.6. The maximum atomic E-state index is 11.6. The first-order valence-corrected chi connectivity index (χ1v) is 7.53. The third-order valence-corrected chi connectivity index (χ3v) is 4.51. The second kappa shape index (κ2) is 5.59. The molecule has 8 heteroatoms. The number of nitrogens with zero attached hydrogens (tertiary/aromatic N) is 3. The minimum atomic E-state index is -3.44. The monoisotopic (exact) mass is 295 g/mol. The van der Waals surface area contributed by atoms with E-state index < -0.39 is 10.0 Å². The quantitative estimate of drug-likeness (QED) is 0.845. The van der Waals surface area contributed by atoms with E-state index in [2.05, 4.69) is 20.1 Å². The van der Waals surface area contributed by atoms with Crippen molar-refractivity contribution in [2.24, 2.45) is 7.05 Å². The molecule has 2 aromatic rings. The first-order valence-electron chi connectivity index (χ1n) is 6.05. The molecule has 0 aliphatic carbocycles. The van der Waals surface area contributed by atoms with Crippen molar-refractivity contribution < 1.29 is 8.42 Å². The van der Waals surface area contributed by atoms with Crippen molar-refractivity contribution >= 4 is 15.8 Å². The van der Waals surface area contributed by atoms with Crippen molar-refractivity contribution in [1.29, 1.82) is 0 Å². The summed E-state index contributed by atoms with van der Waals surface area (Å²) < 4.78 is 27.2. The molecule has 0 unspecified atom stereocenters. The largest absolute Gasteiger partial charge is 0.366 e. The van der Waals surface area contributed by atoms with Crippen LogP contribution < -0.4 is 10.0 Å². The number of aryl methyl sites for hydroxylation is 1. The summed E-state index contributed by atoms with van der Waals surface area (Å²) in [5, 5.41) is 7.29. The lowest BCUT2D eigenvalue weighted by Gasteiger charge is -2.06. The fourth-order valence-electron chi connectivity index (χ4n) is 1.67. The van der Waals surface area contributed by atoms with Crippen molar-refractivity contribution in [2.75, 3.05) is 12.4 Å². The number of hydrogen-bond acceptors (Lipinski definition) is 5. The normalized spacial score (nSPS) is 11.6. The fourth-order valence-corrected chi connectivity index (χ4v) is 2.34. The minimum absolute atomic E-state index is 0.142. The minimum Gasteiger partial charge on any atom is -0.366 e. The lowest BCUT2D eigenvalue weighted by atomic mass is 10.2. The number of nitrogens with one attached hydrogen (secondary N) is 2. The van der Waals surface area contributed by atoms with E-state index in [1.54, 1.807) is 16.9 Å². The molecule has 2 N–H and O–H groups in total. The van der Waals surface area contributed by atoms with Gasteiger partial charge in [-0.2, -0.15) is 5.10 Å². The van der Waals surface area contributed by atoms with Crippen LogP contribution in [0.1, 0.15) is 11.3 Å². The highest BCUT2D eigenvalue weighted by atomic mass is 32.2. The summed E-state index contributed by atoms with van der Waals surface area (Å²) in [6.45, 7) is 2.57. The van der Waals surface area contributed by atoms with Gasteiger partial charge in [0.1, 0.15) is 10.7 Å². The summed E-state index contributed by atoms with van der Waals surface area (Å²) >= 11 is 0. The molecule has 0 fully saturated rings. The zero-order valence-electron chi connectivity index (χ0n) is 11.6. The van der Waals surface area contributed by atoms with Gasteiger partial charge in [0, 0.05) is 31.0 Å². The Morgan fingerprint density at radius 3 is 2.55 bits per heavy atom. The van der Waals surface area contributed by atoms with E-state index in [0.717, 1.165) is 11.3 Å². The van der Waals surface area contributed by atoms with Gasteiger partial charge in [-0.1, -0.05) is 0 Å². The highest BCUT2D eigenvalue weighted by Gasteiger charge is 2.11. The lowest BCUT2D eigenvalue weighted by molar-refractivity contribution is 0.588. The van der Waals surface area contributed by atoms with Gasteiger partial charge < -0.3 is 5.32 Å². The molecule has 0 bridgehead atoms. The average molecular weight is 295 g/mol. The van der Waals surface area contributed by atoms with Gasteiger partial charge in [0.05, 0.1) is 6.20 Å². The molecular weight excluding hydrogens is 278 g/mol. The van der Waals surface area contributed by atoms with Gasteiger partial charge >= 0.3 is 0 Å². The number of pyridine rings is 1. The van der Waals surface area contributed by atoms with Crippen LogP contribution in [0, 0.1) is 6.92 Å². The van der Waals surface area contributed by atoms with Crippen LogP contribution in [0.2, 0.25) is 0 Å². The Morgan fingerprint density at radius 2 is 2.05 bits per heavy atom. The van der Waals surface area contributed by atoms with Crippen molar-refractivity contribution in [3.05, 3.63) is 35.8 Å². The van der Waals surface area contributed by atoms with E-state index in [1.807, 2.05) is 14.0 Å². The van der Waals surface area contributed by atoms with E-state index in [4.69, 9.17) is 0 Å².